The van der Waals surface area contributed by atoms with Gasteiger partial charge < -0.3 is 10.5 Å². The smallest absolute Gasteiger partial charge is 0.123 e. The van der Waals surface area contributed by atoms with Gasteiger partial charge in [0.15, 0.2) is 0 Å². The molecule has 1 unspecified atom stereocenters. The maximum atomic E-state index is 5.92. The third-order valence-corrected chi connectivity index (χ3v) is 3.03. The molecule has 2 N–H and O–H groups in total. The summed E-state index contributed by atoms with van der Waals surface area (Å²) in [5, 5.41) is 0. The van der Waals surface area contributed by atoms with Crippen LogP contribution in [0.25, 0.3) is 0 Å². The largest absolute Gasteiger partial charge is 0.493 e. The van der Waals surface area contributed by atoms with Crippen LogP contribution in [0, 0.1) is 0 Å². The molecule has 70 valence electrons. The van der Waals surface area contributed by atoms with E-state index in [2.05, 4.69) is 15.9 Å². The maximum absolute atomic E-state index is 5.92. The van der Waals surface area contributed by atoms with Crippen molar-refractivity contribution >= 4 is 15.9 Å². The highest BCUT2D eigenvalue weighted by molar-refractivity contribution is 9.10. The van der Waals surface area contributed by atoms with E-state index in [4.69, 9.17) is 10.5 Å². The standard InChI is InChI=1S/C10H12BrNO/c11-9-2-1-3-10-8(9)6-7(12)4-5-13-10/h1-3,7H,4-6,12H2. The topological polar surface area (TPSA) is 35.2 Å². The molecule has 2 nitrogen and oxygen atoms in total. The van der Waals surface area contributed by atoms with E-state index in [1.165, 1.54) is 5.56 Å². The minimum Gasteiger partial charge on any atom is -0.493 e. The zero-order valence-corrected chi connectivity index (χ0v) is 8.88. The van der Waals surface area contributed by atoms with E-state index in [1.807, 2.05) is 18.2 Å². The summed E-state index contributed by atoms with van der Waals surface area (Å²) in [6.45, 7) is 0.727. The van der Waals surface area contributed by atoms with Crippen LogP contribution >= 0.6 is 15.9 Å². The first-order valence-corrected chi connectivity index (χ1v) is 5.22. The number of ether oxygens (including phenoxy) is 1. The third kappa shape index (κ3) is 1.86. The van der Waals surface area contributed by atoms with Crippen LogP contribution < -0.4 is 10.5 Å². The Morgan fingerprint density at radius 3 is 3.15 bits per heavy atom. The number of halogens is 1. The zero-order valence-electron chi connectivity index (χ0n) is 7.29. The minimum absolute atomic E-state index is 0.222. The van der Waals surface area contributed by atoms with Crippen molar-refractivity contribution in [2.45, 2.75) is 18.9 Å². The Morgan fingerprint density at radius 1 is 1.46 bits per heavy atom. The zero-order chi connectivity index (χ0) is 9.26. The summed E-state index contributed by atoms with van der Waals surface area (Å²) >= 11 is 3.51. The Balaban J connectivity index is 2.40. The van der Waals surface area contributed by atoms with Gasteiger partial charge in [0.2, 0.25) is 0 Å². The molecule has 0 amide bonds. The molecule has 0 fully saturated rings. The van der Waals surface area contributed by atoms with E-state index in [0.29, 0.717) is 0 Å². The van der Waals surface area contributed by atoms with E-state index in [1.54, 1.807) is 0 Å². The fourth-order valence-electron chi connectivity index (χ4n) is 1.56. The molecule has 0 saturated carbocycles. The van der Waals surface area contributed by atoms with Gasteiger partial charge in [-0.1, -0.05) is 22.0 Å². The second kappa shape index (κ2) is 3.68. The van der Waals surface area contributed by atoms with Crippen molar-refractivity contribution in [3.8, 4) is 5.75 Å². The van der Waals surface area contributed by atoms with Crippen LogP contribution in [0.3, 0.4) is 0 Å². The van der Waals surface area contributed by atoms with Gasteiger partial charge in [0.1, 0.15) is 5.75 Å². The Labute approximate surface area is 86.2 Å². The van der Waals surface area contributed by atoms with Crippen LogP contribution in [0.1, 0.15) is 12.0 Å². The van der Waals surface area contributed by atoms with Gasteiger partial charge in [0, 0.05) is 16.1 Å². The fraction of sp³-hybridized carbons (Fsp3) is 0.400. The second-order valence-corrected chi connectivity index (χ2v) is 4.17. The number of benzene rings is 1. The fourth-order valence-corrected chi connectivity index (χ4v) is 2.07. The predicted molar refractivity (Wildman–Crippen MR) is 55.9 cm³/mol. The highest BCUT2D eigenvalue weighted by Gasteiger charge is 2.16. The van der Waals surface area contributed by atoms with Crippen molar-refractivity contribution in [3.05, 3.63) is 28.2 Å². The number of rotatable bonds is 0. The van der Waals surface area contributed by atoms with Crippen molar-refractivity contribution in [1.82, 2.24) is 0 Å². The Hall–Kier alpha value is -0.540. The first-order valence-electron chi connectivity index (χ1n) is 4.43. The number of nitrogens with two attached hydrogens (primary N) is 1. The molecule has 0 aromatic heterocycles. The predicted octanol–water partition coefficient (Wildman–Crippen LogP) is 2.10. The molecule has 0 bridgehead atoms. The van der Waals surface area contributed by atoms with Gasteiger partial charge in [-0.25, -0.2) is 0 Å². The van der Waals surface area contributed by atoms with E-state index in [9.17, 15) is 0 Å². The van der Waals surface area contributed by atoms with Gasteiger partial charge in [0.25, 0.3) is 0 Å². The lowest BCUT2D eigenvalue weighted by atomic mass is 10.1. The number of fused-ring (bicyclic) bond motifs is 1. The van der Waals surface area contributed by atoms with Gasteiger partial charge in [-0.05, 0) is 25.0 Å². The number of hydrogen-bond donors (Lipinski definition) is 1. The first-order chi connectivity index (χ1) is 6.27. The molecule has 0 spiro atoms. The third-order valence-electron chi connectivity index (χ3n) is 2.29. The molecule has 13 heavy (non-hydrogen) atoms. The van der Waals surface area contributed by atoms with Crippen LogP contribution in [0.4, 0.5) is 0 Å². The summed E-state index contributed by atoms with van der Waals surface area (Å²) in [5.74, 6) is 0.974. The highest BCUT2D eigenvalue weighted by atomic mass is 79.9. The minimum atomic E-state index is 0.222. The molecule has 0 radical (unpaired) electrons. The van der Waals surface area contributed by atoms with Crippen molar-refractivity contribution in [2.75, 3.05) is 6.61 Å². The van der Waals surface area contributed by atoms with Crippen molar-refractivity contribution < 1.29 is 4.74 Å². The van der Waals surface area contributed by atoms with Gasteiger partial charge in [-0.15, -0.1) is 0 Å². The van der Waals surface area contributed by atoms with E-state index in [0.717, 1.165) is 29.7 Å². The van der Waals surface area contributed by atoms with E-state index >= 15 is 0 Å². The quantitative estimate of drug-likeness (QED) is 0.756. The van der Waals surface area contributed by atoms with Crippen LogP contribution in [-0.2, 0) is 6.42 Å². The summed E-state index contributed by atoms with van der Waals surface area (Å²) in [6.07, 6.45) is 1.83. The molecule has 1 aliphatic heterocycles. The Bertz CT molecular complexity index is 314. The number of hydrogen-bond acceptors (Lipinski definition) is 2. The molecule has 3 heteroatoms. The molecule has 1 aliphatic rings. The van der Waals surface area contributed by atoms with Gasteiger partial charge in [0.05, 0.1) is 6.61 Å². The Kier molecular flexibility index (Phi) is 2.56. The monoisotopic (exact) mass is 241 g/mol. The summed E-state index contributed by atoms with van der Waals surface area (Å²) in [4.78, 5) is 0. The molecule has 2 rings (SSSR count). The maximum Gasteiger partial charge on any atom is 0.123 e. The van der Waals surface area contributed by atoms with Crippen LogP contribution in [0.2, 0.25) is 0 Å². The van der Waals surface area contributed by atoms with Gasteiger partial charge >= 0.3 is 0 Å². The molecule has 0 saturated heterocycles. The van der Waals surface area contributed by atoms with E-state index < -0.39 is 0 Å². The Morgan fingerprint density at radius 2 is 2.31 bits per heavy atom. The highest BCUT2D eigenvalue weighted by Crippen LogP contribution is 2.30. The SMILES string of the molecule is NC1CCOc2cccc(Br)c2C1. The summed E-state index contributed by atoms with van der Waals surface area (Å²) in [7, 11) is 0. The van der Waals surface area contributed by atoms with Crippen LogP contribution in [0.5, 0.6) is 5.75 Å². The van der Waals surface area contributed by atoms with Crippen molar-refractivity contribution in [2.24, 2.45) is 5.73 Å². The van der Waals surface area contributed by atoms with Gasteiger partial charge in [-0.2, -0.15) is 0 Å². The molecule has 0 aliphatic carbocycles. The lowest BCUT2D eigenvalue weighted by molar-refractivity contribution is 0.310. The average Bonchev–Trinajstić information content (AvgIpc) is 2.28. The molecular weight excluding hydrogens is 230 g/mol. The summed E-state index contributed by atoms with van der Waals surface area (Å²) < 4.78 is 6.69. The molecule has 1 aromatic carbocycles. The van der Waals surface area contributed by atoms with E-state index in [-0.39, 0.29) is 6.04 Å². The molecular formula is C10H12BrNO. The lowest BCUT2D eigenvalue weighted by Gasteiger charge is -2.08. The van der Waals surface area contributed by atoms with Gasteiger partial charge in [-0.3, -0.25) is 0 Å². The normalized spacial score (nSPS) is 21.5. The van der Waals surface area contributed by atoms with Crippen LogP contribution in [-0.4, -0.2) is 12.6 Å². The molecule has 1 heterocycles. The average molecular weight is 242 g/mol. The van der Waals surface area contributed by atoms with Crippen LogP contribution in [0.15, 0.2) is 22.7 Å². The van der Waals surface area contributed by atoms with Crippen molar-refractivity contribution in [3.63, 3.8) is 0 Å². The van der Waals surface area contributed by atoms with Crippen molar-refractivity contribution in [1.29, 1.82) is 0 Å². The molecule has 1 atom stereocenters. The lowest BCUT2D eigenvalue weighted by Crippen LogP contribution is -2.22. The summed E-state index contributed by atoms with van der Waals surface area (Å²) in [6, 6.07) is 6.23. The first kappa shape index (κ1) is 9.03. The molecule has 1 aromatic rings. The summed E-state index contributed by atoms with van der Waals surface area (Å²) in [5.41, 5.74) is 7.12. The second-order valence-electron chi connectivity index (χ2n) is 3.32.